The van der Waals surface area contributed by atoms with Crippen LogP contribution in [0.25, 0.3) is 0 Å². The maximum absolute atomic E-state index is 12.9. The molecule has 1 aromatic carbocycles. The van der Waals surface area contributed by atoms with Gasteiger partial charge in [-0.25, -0.2) is 8.42 Å². The van der Waals surface area contributed by atoms with E-state index in [1.165, 1.54) is 6.07 Å². The molecule has 0 saturated carbocycles. The van der Waals surface area contributed by atoms with Crippen molar-refractivity contribution in [2.45, 2.75) is 44.4 Å². The normalized spacial score (nSPS) is 17.5. The maximum atomic E-state index is 12.9. The molecule has 6 heteroatoms. The minimum absolute atomic E-state index is 0.182. The molecular weight excluding hydrogens is 310 g/mol. The van der Waals surface area contributed by atoms with E-state index >= 15 is 0 Å². The molecule has 21 heavy (non-hydrogen) atoms. The van der Waals surface area contributed by atoms with Crippen LogP contribution in [0.15, 0.2) is 17.0 Å². The van der Waals surface area contributed by atoms with Gasteiger partial charge in [0.15, 0.2) is 0 Å². The van der Waals surface area contributed by atoms with Crippen molar-refractivity contribution in [1.82, 2.24) is 4.31 Å². The van der Waals surface area contributed by atoms with Gasteiger partial charge in [-0.15, -0.1) is 0 Å². The van der Waals surface area contributed by atoms with E-state index in [4.69, 9.17) is 16.3 Å². The molecule has 0 amide bonds. The molecule has 0 N–H and O–H groups in total. The second-order valence-electron chi connectivity index (χ2n) is 5.30. The molecule has 1 aliphatic heterocycles. The van der Waals surface area contributed by atoms with Gasteiger partial charge in [0.2, 0.25) is 10.0 Å². The third-order valence-corrected chi connectivity index (χ3v) is 6.03. The molecule has 0 spiro atoms. The molecule has 0 aromatic heterocycles. The third kappa shape index (κ3) is 3.71. The summed E-state index contributed by atoms with van der Waals surface area (Å²) in [4.78, 5) is 0.182. The maximum Gasteiger partial charge on any atom is 0.246 e. The molecule has 1 heterocycles. The number of hydrogen-bond donors (Lipinski definition) is 0. The third-order valence-electron chi connectivity index (χ3n) is 3.71. The van der Waals surface area contributed by atoms with E-state index in [9.17, 15) is 8.42 Å². The average Bonchev–Trinajstić information content (AvgIpc) is 2.72. The van der Waals surface area contributed by atoms with Gasteiger partial charge in [0.25, 0.3) is 0 Å². The van der Waals surface area contributed by atoms with E-state index in [1.807, 2.05) is 13.8 Å². The van der Waals surface area contributed by atoms with Crippen molar-refractivity contribution in [2.24, 2.45) is 0 Å². The van der Waals surface area contributed by atoms with Crippen LogP contribution in [-0.4, -0.2) is 32.4 Å². The van der Waals surface area contributed by atoms with Crippen molar-refractivity contribution >= 4 is 21.6 Å². The average molecular weight is 332 g/mol. The summed E-state index contributed by atoms with van der Waals surface area (Å²) in [5.74, 6) is 0.392. The molecule has 1 aromatic rings. The van der Waals surface area contributed by atoms with Crippen LogP contribution in [0.3, 0.4) is 0 Å². The first-order valence-electron chi connectivity index (χ1n) is 7.40. The minimum Gasteiger partial charge on any atom is -0.492 e. The van der Waals surface area contributed by atoms with Crippen LogP contribution in [-0.2, 0) is 10.0 Å². The zero-order chi connectivity index (χ0) is 15.5. The summed E-state index contributed by atoms with van der Waals surface area (Å²) in [6.07, 6.45) is 3.98. The Kier molecular flexibility index (Phi) is 5.52. The standard InChI is InChI=1S/C15H22ClNO3S/c1-3-20-14-10-12(2)13(16)11-15(14)21(18,19)17-8-6-4-5-7-9-17/h10-11H,3-9H2,1-2H3. The Balaban J connectivity index is 2.44. The first-order valence-corrected chi connectivity index (χ1v) is 9.21. The number of benzene rings is 1. The number of sulfonamides is 1. The van der Waals surface area contributed by atoms with Crippen LogP contribution in [0.2, 0.25) is 5.02 Å². The van der Waals surface area contributed by atoms with Crippen molar-refractivity contribution in [3.8, 4) is 5.75 Å². The van der Waals surface area contributed by atoms with Gasteiger partial charge in [0.05, 0.1) is 6.61 Å². The Labute approximate surface area is 132 Å². The summed E-state index contributed by atoms with van der Waals surface area (Å²) < 4.78 is 32.8. The van der Waals surface area contributed by atoms with Gasteiger partial charge in [-0.1, -0.05) is 24.4 Å². The summed E-state index contributed by atoms with van der Waals surface area (Å²) in [7, 11) is -3.55. The first-order chi connectivity index (χ1) is 9.96. The highest BCUT2D eigenvalue weighted by Gasteiger charge is 2.29. The van der Waals surface area contributed by atoms with Gasteiger partial charge < -0.3 is 4.74 Å². The van der Waals surface area contributed by atoms with E-state index in [0.29, 0.717) is 30.5 Å². The predicted molar refractivity (Wildman–Crippen MR) is 84.6 cm³/mol. The monoisotopic (exact) mass is 331 g/mol. The van der Waals surface area contributed by atoms with Crippen LogP contribution < -0.4 is 4.74 Å². The number of nitrogens with zero attached hydrogens (tertiary/aromatic N) is 1. The summed E-state index contributed by atoms with van der Waals surface area (Å²) >= 11 is 6.12. The van der Waals surface area contributed by atoms with E-state index in [1.54, 1.807) is 10.4 Å². The largest absolute Gasteiger partial charge is 0.492 e. The molecule has 1 fully saturated rings. The predicted octanol–water partition coefficient (Wildman–Crippen LogP) is 3.61. The second kappa shape index (κ2) is 6.99. The lowest BCUT2D eigenvalue weighted by molar-refractivity contribution is 0.328. The van der Waals surface area contributed by atoms with Gasteiger partial charge >= 0.3 is 0 Å². The Morgan fingerprint density at radius 3 is 2.38 bits per heavy atom. The van der Waals surface area contributed by atoms with Crippen molar-refractivity contribution in [3.05, 3.63) is 22.7 Å². The van der Waals surface area contributed by atoms with Gasteiger partial charge in [-0.2, -0.15) is 4.31 Å². The van der Waals surface area contributed by atoms with Crippen LogP contribution >= 0.6 is 11.6 Å². The molecule has 0 aliphatic carbocycles. The lowest BCUT2D eigenvalue weighted by Gasteiger charge is -2.22. The van der Waals surface area contributed by atoms with Gasteiger partial charge in [0.1, 0.15) is 10.6 Å². The SMILES string of the molecule is CCOc1cc(C)c(Cl)cc1S(=O)(=O)N1CCCCCC1. The smallest absolute Gasteiger partial charge is 0.246 e. The minimum atomic E-state index is -3.55. The van der Waals surface area contributed by atoms with Crippen molar-refractivity contribution in [3.63, 3.8) is 0 Å². The molecular formula is C15H22ClNO3S. The number of hydrogen-bond acceptors (Lipinski definition) is 3. The highest BCUT2D eigenvalue weighted by atomic mass is 35.5. The number of ether oxygens (including phenoxy) is 1. The highest BCUT2D eigenvalue weighted by molar-refractivity contribution is 7.89. The fraction of sp³-hybridized carbons (Fsp3) is 0.600. The quantitative estimate of drug-likeness (QED) is 0.846. The second-order valence-corrected chi connectivity index (χ2v) is 7.61. The zero-order valence-corrected chi connectivity index (χ0v) is 14.1. The lowest BCUT2D eigenvalue weighted by Crippen LogP contribution is -2.32. The number of halogens is 1. The summed E-state index contributed by atoms with van der Waals surface area (Å²) in [5.41, 5.74) is 0.815. The molecule has 118 valence electrons. The summed E-state index contributed by atoms with van der Waals surface area (Å²) in [5, 5.41) is 0.451. The van der Waals surface area contributed by atoms with Crippen LogP contribution in [0.5, 0.6) is 5.75 Å². The van der Waals surface area contributed by atoms with Crippen LogP contribution in [0.4, 0.5) is 0 Å². The fourth-order valence-corrected chi connectivity index (χ4v) is 4.41. The van der Waals surface area contributed by atoms with Crippen molar-refractivity contribution in [2.75, 3.05) is 19.7 Å². The van der Waals surface area contributed by atoms with Gasteiger partial charge in [-0.05, 0) is 44.4 Å². The zero-order valence-electron chi connectivity index (χ0n) is 12.6. The van der Waals surface area contributed by atoms with E-state index in [2.05, 4.69) is 0 Å². The Morgan fingerprint density at radius 2 is 1.81 bits per heavy atom. The van der Waals surface area contributed by atoms with Crippen molar-refractivity contribution in [1.29, 1.82) is 0 Å². The molecule has 0 unspecified atom stereocenters. The molecule has 0 radical (unpaired) electrons. The first kappa shape index (κ1) is 16.6. The van der Waals surface area contributed by atoms with Gasteiger partial charge in [-0.3, -0.25) is 0 Å². The lowest BCUT2D eigenvalue weighted by atomic mass is 10.2. The number of aryl methyl sites for hydroxylation is 1. The Morgan fingerprint density at radius 1 is 1.19 bits per heavy atom. The summed E-state index contributed by atoms with van der Waals surface area (Å²) in [6, 6.07) is 3.22. The Hall–Kier alpha value is -0.780. The number of rotatable bonds is 4. The molecule has 0 atom stereocenters. The Bertz CT molecular complexity index is 593. The van der Waals surface area contributed by atoms with E-state index < -0.39 is 10.0 Å². The molecule has 1 aliphatic rings. The van der Waals surface area contributed by atoms with Crippen LogP contribution in [0.1, 0.15) is 38.2 Å². The summed E-state index contributed by atoms with van der Waals surface area (Å²) in [6.45, 7) is 5.24. The van der Waals surface area contributed by atoms with Crippen LogP contribution in [0, 0.1) is 6.92 Å². The topological polar surface area (TPSA) is 46.6 Å². The highest BCUT2D eigenvalue weighted by Crippen LogP contribution is 2.33. The van der Waals surface area contributed by atoms with E-state index in [-0.39, 0.29) is 4.90 Å². The van der Waals surface area contributed by atoms with E-state index in [0.717, 1.165) is 31.2 Å². The van der Waals surface area contributed by atoms with Crippen molar-refractivity contribution < 1.29 is 13.2 Å². The van der Waals surface area contributed by atoms with Gasteiger partial charge in [0, 0.05) is 18.1 Å². The fourth-order valence-electron chi connectivity index (χ4n) is 2.53. The molecule has 0 bridgehead atoms. The molecule has 2 rings (SSSR count). The molecule has 1 saturated heterocycles. The molecule has 4 nitrogen and oxygen atoms in total.